The Labute approximate surface area is 243 Å². The van der Waals surface area contributed by atoms with Crippen molar-refractivity contribution in [2.75, 3.05) is 6.61 Å². The number of esters is 2. The number of halogens is 2. The average molecular weight is 614 g/mol. The van der Waals surface area contributed by atoms with Crippen LogP contribution in [-0.2, 0) is 38.8 Å². The van der Waals surface area contributed by atoms with E-state index < -0.39 is 81.1 Å². The van der Waals surface area contributed by atoms with Crippen LogP contribution in [0.1, 0.15) is 77.0 Å². The van der Waals surface area contributed by atoms with Gasteiger partial charge in [0.2, 0.25) is 11.8 Å². The Morgan fingerprint density at radius 1 is 0.929 bits per heavy atom. The van der Waals surface area contributed by atoms with E-state index in [4.69, 9.17) is 14.0 Å². The molecule has 0 aromatic carbocycles. The number of carbonyl (C=O) groups is 4. The molecule has 7 saturated carbocycles. The van der Waals surface area contributed by atoms with Gasteiger partial charge < -0.3 is 9.47 Å². The largest absolute Gasteiger partial charge is 0.460 e. The molecule has 6 atom stereocenters. The maximum absolute atomic E-state index is 14.4. The molecule has 1 saturated heterocycles. The summed E-state index contributed by atoms with van der Waals surface area (Å²) >= 11 is 0. The molecule has 6 bridgehead atoms. The molecule has 8 rings (SSSR count). The van der Waals surface area contributed by atoms with Gasteiger partial charge in [0.1, 0.15) is 6.10 Å². The first-order valence-electron chi connectivity index (χ1n) is 15.4. The fraction of sp³-hybridized carbons (Fsp3) is 0.862. The number of nitrogens with zero attached hydrogens (tertiary/aromatic N) is 1. The second kappa shape index (κ2) is 9.67. The minimum absolute atomic E-state index is 0.254. The summed E-state index contributed by atoms with van der Waals surface area (Å²) in [5.74, 6) is -4.97. The fourth-order valence-electron chi connectivity index (χ4n) is 10.5. The van der Waals surface area contributed by atoms with Crippen molar-refractivity contribution in [2.24, 2.45) is 52.8 Å². The van der Waals surface area contributed by atoms with E-state index in [0.717, 1.165) is 57.8 Å². The smallest absolute Gasteiger partial charge is 0.402 e. The Bertz CT molecular complexity index is 1280. The molecule has 8 aliphatic rings. The summed E-state index contributed by atoms with van der Waals surface area (Å²) in [5, 5.41) is -4.73. The van der Waals surface area contributed by atoms with Crippen molar-refractivity contribution in [1.82, 2.24) is 4.90 Å². The van der Waals surface area contributed by atoms with Gasteiger partial charge in [0.25, 0.3) is 0 Å². The molecule has 232 valence electrons. The van der Waals surface area contributed by atoms with Crippen molar-refractivity contribution >= 4 is 33.9 Å². The number of amides is 2. The molecule has 0 aromatic heterocycles. The predicted molar refractivity (Wildman–Crippen MR) is 139 cm³/mol. The van der Waals surface area contributed by atoms with Crippen molar-refractivity contribution in [3.05, 3.63) is 0 Å². The summed E-state index contributed by atoms with van der Waals surface area (Å²) in [4.78, 5) is 56.3. The molecular formula is C29H37F2NO9S. The van der Waals surface area contributed by atoms with E-state index in [1.807, 2.05) is 0 Å². The Balaban J connectivity index is 1.18. The van der Waals surface area contributed by atoms with Gasteiger partial charge in [-0.2, -0.15) is 17.2 Å². The first-order valence-corrected chi connectivity index (χ1v) is 16.8. The van der Waals surface area contributed by atoms with Crippen molar-refractivity contribution in [2.45, 2.75) is 94.5 Å². The number of imide groups is 1. The number of rotatable bonds is 7. The van der Waals surface area contributed by atoms with Gasteiger partial charge in [0.15, 0.2) is 6.61 Å². The van der Waals surface area contributed by atoms with Crippen molar-refractivity contribution in [1.29, 1.82) is 0 Å². The number of ether oxygens (including phenoxy) is 2. The number of hydrogen-bond acceptors (Lipinski definition) is 8. The lowest BCUT2D eigenvalue weighted by Gasteiger charge is -2.56. The lowest BCUT2D eigenvalue weighted by molar-refractivity contribution is -0.173. The minimum atomic E-state index is -5.83. The summed E-state index contributed by atoms with van der Waals surface area (Å²) in [6.07, 6.45) is 8.88. The fourth-order valence-corrected chi connectivity index (χ4v) is 10.8. The van der Waals surface area contributed by atoms with Gasteiger partial charge in [-0.25, -0.2) is 0 Å². The van der Waals surface area contributed by atoms with E-state index in [0.29, 0.717) is 30.6 Å². The highest BCUT2D eigenvalue weighted by Gasteiger charge is 2.73. The molecule has 42 heavy (non-hydrogen) atoms. The molecule has 10 nitrogen and oxygen atoms in total. The molecule has 8 fully saturated rings. The quantitative estimate of drug-likeness (QED) is 0.260. The van der Waals surface area contributed by atoms with E-state index in [-0.39, 0.29) is 18.2 Å². The van der Waals surface area contributed by atoms with Crippen LogP contribution in [0.15, 0.2) is 0 Å². The van der Waals surface area contributed by atoms with Crippen molar-refractivity contribution in [3.63, 3.8) is 0 Å². The molecule has 1 aliphatic heterocycles. The van der Waals surface area contributed by atoms with E-state index in [1.54, 1.807) is 0 Å². The van der Waals surface area contributed by atoms with E-state index in [2.05, 4.69) is 0 Å². The molecular weight excluding hydrogens is 576 g/mol. The zero-order chi connectivity index (χ0) is 29.8. The van der Waals surface area contributed by atoms with Crippen LogP contribution in [-0.4, -0.2) is 65.6 Å². The number of carbonyl (C=O) groups excluding carboxylic acids is 4. The average Bonchev–Trinajstić information content (AvgIpc) is 3.54. The normalized spacial score (nSPS) is 42.3. The Hall–Kier alpha value is -2.15. The van der Waals surface area contributed by atoms with Crippen molar-refractivity contribution < 1.29 is 50.4 Å². The molecule has 6 unspecified atom stereocenters. The Kier molecular flexibility index (Phi) is 6.59. The van der Waals surface area contributed by atoms with Gasteiger partial charge in [-0.1, -0.05) is 19.3 Å². The van der Waals surface area contributed by atoms with Gasteiger partial charge in [-0.05, 0) is 81.5 Å². The standard InChI is InChI=1S/C29H37F2NO9S/c30-29(31,42(37,38)39)13-40-26(35)21-19-9-18-20(21)24(33)32(22(18)23(19)41-25(34)17-4-2-1-3-5-17)27(36)28-10-14-6-15(11-28)8-16(7-14)12-28/h14-23H,1-13H2,(H,37,38,39). The topological polar surface area (TPSA) is 144 Å². The molecule has 0 radical (unpaired) electrons. The van der Waals surface area contributed by atoms with Gasteiger partial charge in [-0.3, -0.25) is 28.6 Å². The molecule has 1 N–H and O–H groups in total. The van der Waals surface area contributed by atoms with E-state index >= 15 is 0 Å². The second-order valence-corrected chi connectivity index (χ2v) is 15.8. The third kappa shape index (κ3) is 4.26. The zero-order valence-corrected chi connectivity index (χ0v) is 24.1. The highest BCUT2D eigenvalue weighted by atomic mass is 32.2. The molecule has 0 aromatic rings. The monoisotopic (exact) mass is 613 g/mol. The number of hydrogen-bond donors (Lipinski definition) is 1. The maximum atomic E-state index is 14.4. The van der Waals surface area contributed by atoms with Crippen LogP contribution in [0.5, 0.6) is 0 Å². The summed E-state index contributed by atoms with van der Waals surface area (Å²) in [6, 6.07) is -0.719. The third-order valence-electron chi connectivity index (χ3n) is 11.8. The SMILES string of the molecule is O=C(OC1C2CC3C(C(=O)N(C(=O)C45CC6CC(CC(C6)C4)C5)C31)C2C(=O)OCC(F)(F)S(=O)(=O)O)C1CCCCC1. The molecule has 7 aliphatic carbocycles. The lowest BCUT2D eigenvalue weighted by Crippen LogP contribution is -2.58. The number of alkyl halides is 2. The number of fused-ring (bicyclic) bond motifs is 1. The summed E-state index contributed by atoms with van der Waals surface area (Å²) in [7, 11) is -5.83. The van der Waals surface area contributed by atoms with Gasteiger partial charge in [-0.15, -0.1) is 0 Å². The first-order chi connectivity index (χ1) is 19.8. The predicted octanol–water partition coefficient (Wildman–Crippen LogP) is 3.34. The van der Waals surface area contributed by atoms with Crippen LogP contribution in [0.25, 0.3) is 0 Å². The highest BCUT2D eigenvalue weighted by molar-refractivity contribution is 7.86. The Morgan fingerprint density at radius 3 is 2.10 bits per heavy atom. The van der Waals surface area contributed by atoms with Crippen LogP contribution in [0.3, 0.4) is 0 Å². The highest BCUT2D eigenvalue weighted by Crippen LogP contribution is 2.64. The summed E-state index contributed by atoms with van der Waals surface area (Å²) in [5.41, 5.74) is -0.655. The molecule has 1 heterocycles. The molecule has 13 heteroatoms. The van der Waals surface area contributed by atoms with Crippen LogP contribution < -0.4 is 0 Å². The van der Waals surface area contributed by atoms with Crippen LogP contribution in [0.4, 0.5) is 8.78 Å². The van der Waals surface area contributed by atoms with E-state index in [1.165, 1.54) is 4.90 Å². The lowest BCUT2D eigenvalue weighted by atomic mass is 9.49. The van der Waals surface area contributed by atoms with Crippen LogP contribution >= 0.6 is 0 Å². The van der Waals surface area contributed by atoms with Gasteiger partial charge in [0.05, 0.1) is 29.2 Å². The van der Waals surface area contributed by atoms with Gasteiger partial charge in [0, 0.05) is 5.92 Å². The second-order valence-electron chi connectivity index (χ2n) is 14.3. The molecule has 0 spiro atoms. The van der Waals surface area contributed by atoms with Crippen molar-refractivity contribution in [3.8, 4) is 0 Å². The summed E-state index contributed by atoms with van der Waals surface area (Å²) in [6.45, 7) is -1.91. The van der Waals surface area contributed by atoms with E-state index in [9.17, 15) is 36.4 Å². The van der Waals surface area contributed by atoms with Crippen LogP contribution in [0.2, 0.25) is 0 Å². The first kappa shape index (κ1) is 28.6. The van der Waals surface area contributed by atoms with Gasteiger partial charge >= 0.3 is 27.3 Å². The third-order valence-corrected chi connectivity index (χ3v) is 12.7. The minimum Gasteiger partial charge on any atom is -0.460 e. The summed E-state index contributed by atoms with van der Waals surface area (Å²) < 4.78 is 69.5. The molecule has 2 amide bonds. The Morgan fingerprint density at radius 2 is 1.52 bits per heavy atom. The number of likely N-dealkylation sites (tertiary alicyclic amines) is 1. The maximum Gasteiger partial charge on any atom is 0.402 e. The van der Waals surface area contributed by atoms with Crippen LogP contribution in [0, 0.1) is 52.8 Å². The zero-order valence-electron chi connectivity index (χ0n) is 23.3.